The molecule has 0 unspecified atom stereocenters. The van der Waals surface area contributed by atoms with Gasteiger partial charge in [0, 0.05) is 6.20 Å². The molecule has 0 amide bonds. The lowest BCUT2D eigenvalue weighted by Gasteiger charge is -2.07. The Morgan fingerprint density at radius 2 is 2.29 bits per heavy atom. The molecule has 2 heterocycles. The fourth-order valence-electron chi connectivity index (χ4n) is 1.27. The highest BCUT2D eigenvalue weighted by molar-refractivity contribution is 6.32. The van der Waals surface area contributed by atoms with Gasteiger partial charge in [-0.05, 0) is 26.0 Å². The van der Waals surface area contributed by atoms with Gasteiger partial charge in [-0.1, -0.05) is 11.6 Å². The van der Waals surface area contributed by atoms with Crippen LogP contribution < -0.4 is 0 Å². The monoisotopic (exact) mass is 210 g/mol. The lowest BCUT2D eigenvalue weighted by molar-refractivity contribution is 0.279. The molecule has 0 saturated carbocycles. The lowest BCUT2D eigenvalue weighted by atomic mass is 10.1. The maximum absolute atomic E-state index is 5.93. The summed E-state index contributed by atoms with van der Waals surface area (Å²) in [5.41, 5.74) is 0.605. The number of ether oxygens (including phenoxy) is 1. The van der Waals surface area contributed by atoms with Crippen molar-refractivity contribution in [3.05, 3.63) is 29.0 Å². The van der Waals surface area contributed by atoms with Gasteiger partial charge in [0.05, 0.1) is 11.1 Å². The molecule has 74 valence electrons. The molecule has 0 fully saturated rings. The smallest absolute Gasteiger partial charge is 0.219 e. The van der Waals surface area contributed by atoms with Crippen LogP contribution in [0.2, 0.25) is 5.15 Å². The minimum Gasteiger partial charge on any atom is -0.475 e. The Bertz CT molecular complexity index is 387. The Morgan fingerprint density at radius 3 is 2.86 bits per heavy atom. The third-order valence-electron chi connectivity index (χ3n) is 1.96. The van der Waals surface area contributed by atoms with E-state index in [1.54, 1.807) is 6.20 Å². The molecule has 3 nitrogen and oxygen atoms in total. The van der Waals surface area contributed by atoms with E-state index >= 15 is 0 Å². The Labute approximate surface area is 87.8 Å². The number of aromatic nitrogens is 1. The summed E-state index contributed by atoms with van der Waals surface area (Å²) in [6.07, 6.45) is 1.65. The molecule has 1 aromatic rings. The highest BCUT2D eigenvalue weighted by atomic mass is 35.5. The van der Waals surface area contributed by atoms with Gasteiger partial charge in [-0.2, -0.15) is 0 Å². The molecule has 0 bridgehead atoms. The van der Waals surface area contributed by atoms with Gasteiger partial charge in [-0.3, -0.25) is 0 Å². The van der Waals surface area contributed by atoms with Crippen molar-refractivity contribution < 1.29 is 4.74 Å². The van der Waals surface area contributed by atoms with E-state index in [1.165, 1.54) is 0 Å². The van der Waals surface area contributed by atoms with E-state index < -0.39 is 0 Å². The molecule has 0 atom stereocenters. The second kappa shape index (κ2) is 3.24. The van der Waals surface area contributed by atoms with Crippen LogP contribution in [0.5, 0.6) is 0 Å². The predicted octanol–water partition coefficient (Wildman–Crippen LogP) is 2.29. The number of nitrogens with zero attached hydrogens (tertiary/aromatic N) is 2. The molecule has 0 spiro atoms. The van der Waals surface area contributed by atoms with Gasteiger partial charge in [0.2, 0.25) is 5.90 Å². The van der Waals surface area contributed by atoms with Crippen molar-refractivity contribution in [3.63, 3.8) is 0 Å². The van der Waals surface area contributed by atoms with Gasteiger partial charge in [0.15, 0.2) is 0 Å². The van der Waals surface area contributed by atoms with Crippen LogP contribution in [0.25, 0.3) is 0 Å². The van der Waals surface area contributed by atoms with Crippen LogP contribution in [0, 0.1) is 0 Å². The molecule has 1 aliphatic rings. The van der Waals surface area contributed by atoms with Gasteiger partial charge in [-0.15, -0.1) is 0 Å². The average molecular weight is 211 g/mol. The molecule has 0 aliphatic carbocycles. The van der Waals surface area contributed by atoms with E-state index in [4.69, 9.17) is 16.3 Å². The Kier molecular flexibility index (Phi) is 2.19. The quantitative estimate of drug-likeness (QED) is 0.667. The van der Waals surface area contributed by atoms with Crippen molar-refractivity contribution in [1.82, 2.24) is 4.98 Å². The third kappa shape index (κ3) is 1.73. The SMILES string of the molecule is CC1(C)COC(c2cccnc2Cl)=N1. The molecule has 0 saturated heterocycles. The summed E-state index contributed by atoms with van der Waals surface area (Å²) < 4.78 is 5.46. The zero-order valence-electron chi connectivity index (χ0n) is 8.12. The van der Waals surface area contributed by atoms with Crippen LogP contribution in [0.4, 0.5) is 0 Å². The molecule has 1 aliphatic heterocycles. The van der Waals surface area contributed by atoms with E-state index in [0.717, 1.165) is 5.56 Å². The number of rotatable bonds is 1. The van der Waals surface area contributed by atoms with Gasteiger partial charge < -0.3 is 4.74 Å². The summed E-state index contributed by atoms with van der Waals surface area (Å²) in [5, 5.41) is 0.434. The van der Waals surface area contributed by atoms with Crippen LogP contribution in [-0.4, -0.2) is 23.0 Å². The maximum Gasteiger partial charge on any atom is 0.219 e. The summed E-state index contributed by atoms with van der Waals surface area (Å²) in [5.74, 6) is 0.591. The first kappa shape index (κ1) is 9.46. The minimum absolute atomic E-state index is 0.158. The number of hydrogen-bond donors (Lipinski definition) is 0. The first-order valence-electron chi connectivity index (χ1n) is 4.42. The number of hydrogen-bond acceptors (Lipinski definition) is 3. The minimum atomic E-state index is -0.158. The highest BCUT2D eigenvalue weighted by Crippen LogP contribution is 2.23. The largest absolute Gasteiger partial charge is 0.475 e. The van der Waals surface area contributed by atoms with E-state index in [1.807, 2.05) is 26.0 Å². The van der Waals surface area contributed by atoms with Crippen LogP contribution in [-0.2, 0) is 4.74 Å². The number of aliphatic imine (C=N–C) groups is 1. The molecule has 4 heteroatoms. The summed E-state index contributed by atoms with van der Waals surface area (Å²) in [6.45, 7) is 4.63. The lowest BCUT2D eigenvalue weighted by Crippen LogP contribution is -2.17. The van der Waals surface area contributed by atoms with Gasteiger partial charge >= 0.3 is 0 Å². The van der Waals surface area contributed by atoms with Crippen LogP contribution in [0.15, 0.2) is 23.3 Å². The topological polar surface area (TPSA) is 34.5 Å². The van der Waals surface area contributed by atoms with E-state index in [2.05, 4.69) is 9.98 Å². The van der Waals surface area contributed by atoms with E-state index in [-0.39, 0.29) is 5.54 Å². The molecule has 2 rings (SSSR count). The molecule has 0 N–H and O–H groups in total. The molecular weight excluding hydrogens is 200 g/mol. The highest BCUT2D eigenvalue weighted by Gasteiger charge is 2.28. The van der Waals surface area contributed by atoms with Crippen molar-refractivity contribution >= 4 is 17.5 Å². The summed E-state index contributed by atoms with van der Waals surface area (Å²) in [7, 11) is 0. The zero-order valence-corrected chi connectivity index (χ0v) is 8.88. The predicted molar refractivity (Wildman–Crippen MR) is 55.8 cm³/mol. The van der Waals surface area contributed by atoms with Crippen molar-refractivity contribution in [2.24, 2.45) is 4.99 Å². The van der Waals surface area contributed by atoms with Gasteiger partial charge in [0.25, 0.3) is 0 Å². The molecule has 0 radical (unpaired) electrons. The van der Waals surface area contributed by atoms with Crippen molar-refractivity contribution in [2.75, 3.05) is 6.61 Å². The fourth-order valence-corrected chi connectivity index (χ4v) is 1.47. The molecule has 0 aromatic carbocycles. The molecular formula is C10H11ClN2O. The van der Waals surface area contributed by atoms with Crippen molar-refractivity contribution in [1.29, 1.82) is 0 Å². The molecule has 14 heavy (non-hydrogen) atoms. The van der Waals surface area contributed by atoms with Crippen molar-refractivity contribution in [3.8, 4) is 0 Å². The Balaban J connectivity index is 2.38. The first-order chi connectivity index (χ1) is 6.58. The van der Waals surface area contributed by atoms with Crippen LogP contribution >= 0.6 is 11.6 Å². The van der Waals surface area contributed by atoms with E-state index in [9.17, 15) is 0 Å². The normalized spacial score (nSPS) is 18.9. The van der Waals surface area contributed by atoms with Gasteiger partial charge in [-0.25, -0.2) is 9.98 Å². The van der Waals surface area contributed by atoms with Crippen LogP contribution in [0.1, 0.15) is 19.4 Å². The second-order valence-corrected chi connectivity index (χ2v) is 4.22. The Hall–Kier alpha value is -1.09. The summed E-state index contributed by atoms with van der Waals surface area (Å²) in [4.78, 5) is 8.40. The van der Waals surface area contributed by atoms with Crippen LogP contribution in [0.3, 0.4) is 0 Å². The Morgan fingerprint density at radius 1 is 1.50 bits per heavy atom. The maximum atomic E-state index is 5.93. The fraction of sp³-hybridized carbons (Fsp3) is 0.400. The van der Waals surface area contributed by atoms with Gasteiger partial charge in [0.1, 0.15) is 11.8 Å². The second-order valence-electron chi connectivity index (χ2n) is 3.86. The summed E-state index contributed by atoms with van der Waals surface area (Å²) >= 11 is 5.93. The zero-order chi connectivity index (χ0) is 10.2. The first-order valence-corrected chi connectivity index (χ1v) is 4.80. The number of halogens is 1. The average Bonchev–Trinajstić information content (AvgIpc) is 2.47. The standard InChI is InChI=1S/C10H11ClN2O/c1-10(2)6-14-9(13-10)7-4-3-5-12-8(7)11/h3-5H,6H2,1-2H3. The summed E-state index contributed by atoms with van der Waals surface area (Å²) in [6, 6.07) is 3.67. The number of pyridine rings is 1. The third-order valence-corrected chi connectivity index (χ3v) is 2.26. The molecule has 1 aromatic heterocycles. The van der Waals surface area contributed by atoms with Crippen molar-refractivity contribution in [2.45, 2.75) is 19.4 Å². The van der Waals surface area contributed by atoms with E-state index in [0.29, 0.717) is 17.7 Å².